The normalized spacial score (nSPS) is 12.3. The second-order valence-electron chi connectivity index (χ2n) is 4.82. The highest BCUT2D eigenvalue weighted by Gasteiger charge is 2.19. The molecule has 1 heterocycles. The number of rotatable bonds is 0. The molecule has 0 saturated heterocycles. The van der Waals surface area contributed by atoms with E-state index in [4.69, 9.17) is 0 Å². The lowest BCUT2D eigenvalue weighted by Gasteiger charge is -2.16. The van der Waals surface area contributed by atoms with E-state index in [1.165, 1.54) is 16.6 Å². The third kappa shape index (κ3) is 1.31. The van der Waals surface area contributed by atoms with Crippen molar-refractivity contribution in [2.24, 2.45) is 0 Å². The van der Waals surface area contributed by atoms with Gasteiger partial charge in [-0.1, -0.05) is 39.0 Å². The van der Waals surface area contributed by atoms with Crippen LogP contribution in [0.2, 0.25) is 0 Å². The monoisotopic (exact) mass is 188 g/mol. The van der Waals surface area contributed by atoms with Gasteiger partial charge in [0.2, 0.25) is 0 Å². The molecule has 0 fully saturated rings. The summed E-state index contributed by atoms with van der Waals surface area (Å²) in [4.78, 5) is 0. The molecule has 2 rings (SSSR count). The van der Waals surface area contributed by atoms with Crippen molar-refractivity contribution < 1.29 is 0 Å². The Balaban J connectivity index is 2.76. The molecule has 0 aliphatic rings. The zero-order valence-electron chi connectivity index (χ0n) is 9.18. The molecule has 0 amide bonds. The summed E-state index contributed by atoms with van der Waals surface area (Å²) >= 11 is 0. The second kappa shape index (κ2) is 2.84. The van der Waals surface area contributed by atoms with Crippen LogP contribution in [0.4, 0.5) is 0 Å². The molecule has 1 N–H and O–H groups in total. The van der Waals surface area contributed by atoms with Crippen LogP contribution in [0.1, 0.15) is 32.0 Å². The number of hydrogen-bond acceptors (Lipinski definition) is 1. The van der Waals surface area contributed by atoms with Gasteiger partial charge in [-0.05, 0) is 12.5 Å². The summed E-state index contributed by atoms with van der Waals surface area (Å²) in [6.45, 7) is 8.68. The van der Waals surface area contributed by atoms with Crippen molar-refractivity contribution in [3.05, 3.63) is 29.5 Å². The van der Waals surface area contributed by atoms with E-state index in [0.29, 0.717) is 0 Å². The third-order valence-electron chi connectivity index (χ3n) is 2.54. The molecule has 0 aliphatic carbocycles. The number of aromatic amines is 1. The van der Waals surface area contributed by atoms with Gasteiger partial charge in [0, 0.05) is 16.5 Å². The van der Waals surface area contributed by atoms with Crippen molar-refractivity contribution in [1.29, 1.82) is 0 Å². The number of aryl methyl sites for hydroxylation is 1. The maximum atomic E-state index is 4.36. The summed E-state index contributed by atoms with van der Waals surface area (Å²) in [5.74, 6) is 0. The van der Waals surface area contributed by atoms with Crippen molar-refractivity contribution in [3.8, 4) is 0 Å². The van der Waals surface area contributed by atoms with Crippen LogP contribution in [0.3, 0.4) is 0 Å². The van der Waals surface area contributed by atoms with Crippen LogP contribution in [-0.2, 0) is 5.41 Å². The number of para-hydroxylation sites is 1. The molecule has 0 unspecified atom stereocenters. The maximum Gasteiger partial charge on any atom is 0.0953 e. The number of nitrogens with zero attached hydrogens (tertiary/aromatic N) is 1. The molecule has 0 atom stereocenters. The van der Waals surface area contributed by atoms with Gasteiger partial charge >= 0.3 is 0 Å². The Morgan fingerprint density at radius 2 is 1.93 bits per heavy atom. The summed E-state index contributed by atoms with van der Waals surface area (Å²) < 4.78 is 0. The lowest BCUT2D eigenvalue weighted by Crippen LogP contribution is -2.11. The molecule has 0 saturated carbocycles. The van der Waals surface area contributed by atoms with Crippen LogP contribution in [0.25, 0.3) is 10.9 Å². The highest BCUT2D eigenvalue weighted by Crippen LogP contribution is 2.28. The SMILES string of the molecule is Cc1cccc2c(C(C)(C)C)[nH]nc12. The fourth-order valence-electron chi connectivity index (χ4n) is 1.75. The van der Waals surface area contributed by atoms with Crippen molar-refractivity contribution in [2.75, 3.05) is 0 Å². The number of nitrogens with one attached hydrogen (secondary N) is 1. The minimum absolute atomic E-state index is 0.128. The Bertz CT molecular complexity index is 461. The Kier molecular flexibility index (Phi) is 1.88. The topological polar surface area (TPSA) is 28.7 Å². The van der Waals surface area contributed by atoms with Gasteiger partial charge in [0.1, 0.15) is 0 Å². The minimum Gasteiger partial charge on any atom is -0.281 e. The highest BCUT2D eigenvalue weighted by atomic mass is 15.1. The Morgan fingerprint density at radius 3 is 2.57 bits per heavy atom. The molecule has 0 radical (unpaired) electrons. The first-order chi connectivity index (χ1) is 6.50. The lowest BCUT2D eigenvalue weighted by atomic mass is 9.89. The molecule has 2 heteroatoms. The summed E-state index contributed by atoms with van der Waals surface area (Å²) in [6.07, 6.45) is 0. The fourth-order valence-corrected chi connectivity index (χ4v) is 1.75. The average Bonchev–Trinajstić information content (AvgIpc) is 2.47. The average molecular weight is 188 g/mol. The predicted octanol–water partition coefficient (Wildman–Crippen LogP) is 3.17. The molecule has 2 nitrogen and oxygen atoms in total. The fraction of sp³-hybridized carbons (Fsp3) is 0.417. The summed E-state index contributed by atoms with van der Waals surface area (Å²) in [5, 5.41) is 8.75. The summed E-state index contributed by atoms with van der Waals surface area (Å²) in [5.41, 5.74) is 3.67. The number of benzene rings is 1. The first-order valence-electron chi connectivity index (χ1n) is 4.94. The first kappa shape index (κ1) is 9.25. The van der Waals surface area contributed by atoms with Crippen LogP contribution in [0, 0.1) is 6.92 Å². The Morgan fingerprint density at radius 1 is 1.21 bits per heavy atom. The van der Waals surface area contributed by atoms with Crippen LogP contribution < -0.4 is 0 Å². The van der Waals surface area contributed by atoms with Gasteiger partial charge in [-0.25, -0.2) is 0 Å². The van der Waals surface area contributed by atoms with E-state index in [9.17, 15) is 0 Å². The minimum atomic E-state index is 0.128. The Labute approximate surface area is 84.3 Å². The van der Waals surface area contributed by atoms with Gasteiger partial charge < -0.3 is 0 Å². The van der Waals surface area contributed by atoms with Gasteiger partial charge in [-0.3, -0.25) is 5.10 Å². The van der Waals surface area contributed by atoms with Crippen LogP contribution in [0.5, 0.6) is 0 Å². The van der Waals surface area contributed by atoms with E-state index in [-0.39, 0.29) is 5.41 Å². The van der Waals surface area contributed by atoms with Crippen LogP contribution >= 0.6 is 0 Å². The maximum absolute atomic E-state index is 4.36. The lowest BCUT2D eigenvalue weighted by molar-refractivity contribution is 0.571. The first-order valence-corrected chi connectivity index (χ1v) is 4.94. The standard InChI is InChI=1S/C12H16N2/c1-8-6-5-7-9-10(8)13-14-11(9)12(2,3)4/h5-7H,1-4H3,(H,13,14). The van der Waals surface area contributed by atoms with Crippen molar-refractivity contribution in [2.45, 2.75) is 33.1 Å². The Hall–Kier alpha value is -1.31. The largest absolute Gasteiger partial charge is 0.281 e. The number of aromatic nitrogens is 2. The zero-order valence-corrected chi connectivity index (χ0v) is 9.18. The quantitative estimate of drug-likeness (QED) is 0.676. The van der Waals surface area contributed by atoms with Gasteiger partial charge in [0.15, 0.2) is 0 Å². The highest BCUT2D eigenvalue weighted by molar-refractivity contribution is 5.84. The van der Waals surface area contributed by atoms with Gasteiger partial charge in [-0.2, -0.15) is 5.10 Å². The summed E-state index contributed by atoms with van der Waals surface area (Å²) in [7, 11) is 0. The van der Waals surface area contributed by atoms with E-state index in [0.717, 1.165) is 5.52 Å². The van der Waals surface area contributed by atoms with Crippen LogP contribution in [-0.4, -0.2) is 10.2 Å². The summed E-state index contributed by atoms with van der Waals surface area (Å²) in [6, 6.07) is 6.31. The molecule has 1 aromatic carbocycles. The number of hydrogen-bond donors (Lipinski definition) is 1. The van der Waals surface area contributed by atoms with E-state index in [2.05, 4.69) is 56.1 Å². The van der Waals surface area contributed by atoms with E-state index in [1.807, 2.05) is 0 Å². The third-order valence-corrected chi connectivity index (χ3v) is 2.54. The predicted molar refractivity (Wildman–Crippen MR) is 59.5 cm³/mol. The second-order valence-corrected chi connectivity index (χ2v) is 4.82. The van der Waals surface area contributed by atoms with Crippen molar-refractivity contribution in [3.63, 3.8) is 0 Å². The molecule has 2 aromatic rings. The van der Waals surface area contributed by atoms with E-state index in [1.54, 1.807) is 0 Å². The molecule has 0 bridgehead atoms. The van der Waals surface area contributed by atoms with Gasteiger partial charge in [0.05, 0.1) is 5.52 Å². The van der Waals surface area contributed by atoms with Gasteiger partial charge in [-0.15, -0.1) is 0 Å². The molecule has 14 heavy (non-hydrogen) atoms. The number of fused-ring (bicyclic) bond motifs is 1. The molecule has 0 aliphatic heterocycles. The molecular weight excluding hydrogens is 172 g/mol. The number of H-pyrrole nitrogens is 1. The van der Waals surface area contributed by atoms with E-state index < -0.39 is 0 Å². The zero-order chi connectivity index (χ0) is 10.3. The molecule has 74 valence electrons. The smallest absolute Gasteiger partial charge is 0.0953 e. The molecule has 0 spiro atoms. The van der Waals surface area contributed by atoms with Gasteiger partial charge in [0.25, 0.3) is 0 Å². The molecular formula is C12H16N2. The van der Waals surface area contributed by atoms with Crippen LogP contribution in [0.15, 0.2) is 18.2 Å². The molecule has 1 aromatic heterocycles. The van der Waals surface area contributed by atoms with Crippen molar-refractivity contribution >= 4 is 10.9 Å². The van der Waals surface area contributed by atoms with E-state index >= 15 is 0 Å². The van der Waals surface area contributed by atoms with Crippen molar-refractivity contribution in [1.82, 2.24) is 10.2 Å².